The normalized spacial score (nSPS) is 11.3. The fraction of sp³-hybridized carbons (Fsp3) is 0.875. The molecular formula is C16H34Cl2N2O4. The van der Waals surface area contributed by atoms with E-state index in [1.807, 2.05) is 46.4 Å². The number of rotatable bonds is 8. The van der Waals surface area contributed by atoms with Gasteiger partial charge < -0.3 is 20.1 Å². The summed E-state index contributed by atoms with van der Waals surface area (Å²) in [5.74, 6) is -0.487. The molecule has 0 aromatic carbocycles. The molecule has 0 amide bonds. The number of hydrogen-bond acceptors (Lipinski definition) is 6. The number of nitrogens with zero attached hydrogens (tertiary/aromatic N) is 1. The molecule has 0 aliphatic heterocycles. The molecular weight excluding hydrogens is 355 g/mol. The highest BCUT2D eigenvalue weighted by atomic mass is 35.5. The Balaban J connectivity index is -0.00000220. The first-order chi connectivity index (χ1) is 9.93. The van der Waals surface area contributed by atoms with Gasteiger partial charge >= 0.3 is 11.9 Å². The van der Waals surface area contributed by atoms with E-state index >= 15 is 0 Å². The molecule has 0 unspecified atom stereocenters. The van der Waals surface area contributed by atoms with Gasteiger partial charge in [-0.15, -0.1) is 24.8 Å². The lowest BCUT2D eigenvalue weighted by molar-refractivity contribution is -0.155. The van der Waals surface area contributed by atoms with Crippen molar-refractivity contribution < 1.29 is 19.1 Å². The summed E-state index contributed by atoms with van der Waals surface area (Å²) in [6, 6.07) is 0. The zero-order valence-electron chi connectivity index (χ0n) is 15.7. The Bertz CT molecular complexity index is 334. The third-order valence-electron chi connectivity index (χ3n) is 2.55. The van der Waals surface area contributed by atoms with Crippen molar-refractivity contribution in [3.05, 3.63) is 0 Å². The van der Waals surface area contributed by atoms with E-state index in [1.165, 1.54) is 0 Å². The topological polar surface area (TPSA) is 81.9 Å². The first-order valence-corrected chi connectivity index (χ1v) is 7.79. The van der Waals surface area contributed by atoms with Crippen molar-refractivity contribution in [2.75, 3.05) is 26.2 Å². The van der Waals surface area contributed by atoms with E-state index in [1.54, 1.807) is 0 Å². The second kappa shape index (κ2) is 12.8. The van der Waals surface area contributed by atoms with Crippen molar-refractivity contribution in [2.45, 2.75) is 65.6 Å². The molecule has 0 rings (SSSR count). The number of carbonyl (C=O) groups excluding carboxylic acids is 2. The van der Waals surface area contributed by atoms with E-state index in [2.05, 4.69) is 0 Å². The van der Waals surface area contributed by atoms with Gasteiger partial charge in [-0.2, -0.15) is 0 Å². The summed E-state index contributed by atoms with van der Waals surface area (Å²) >= 11 is 0. The highest BCUT2D eigenvalue weighted by molar-refractivity contribution is 5.85. The second-order valence-corrected chi connectivity index (χ2v) is 7.30. The highest BCUT2D eigenvalue weighted by Gasteiger charge is 2.19. The van der Waals surface area contributed by atoms with Gasteiger partial charge in [-0.3, -0.25) is 9.59 Å². The lowest BCUT2D eigenvalue weighted by Crippen LogP contribution is -2.35. The second-order valence-electron chi connectivity index (χ2n) is 7.30. The predicted molar refractivity (Wildman–Crippen MR) is 101 cm³/mol. The Hall–Kier alpha value is -0.560. The molecule has 0 saturated heterocycles. The number of nitrogens with two attached hydrogens (primary N) is 1. The smallest absolute Gasteiger partial charge is 0.307 e. The van der Waals surface area contributed by atoms with Crippen LogP contribution < -0.4 is 5.73 Å². The van der Waals surface area contributed by atoms with Gasteiger partial charge in [0.2, 0.25) is 0 Å². The molecule has 0 atom stereocenters. The minimum atomic E-state index is -0.480. The van der Waals surface area contributed by atoms with E-state index in [9.17, 15) is 9.59 Å². The SMILES string of the molecule is CC(C)(C)OC(=O)CCN(CCN)CCC(=O)OC(C)(C)C.Cl.Cl. The van der Waals surface area contributed by atoms with E-state index in [-0.39, 0.29) is 49.6 Å². The highest BCUT2D eigenvalue weighted by Crippen LogP contribution is 2.10. The Morgan fingerprint density at radius 3 is 1.38 bits per heavy atom. The monoisotopic (exact) mass is 388 g/mol. The molecule has 0 spiro atoms. The lowest BCUT2D eigenvalue weighted by atomic mass is 10.2. The van der Waals surface area contributed by atoms with Crippen LogP contribution in [0.15, 0.2) is 0 Å². The molecule has 0 saturated carbocycles. The summed E-state index contributed by atoms with van der Waals surface area (Å²) in [4.78, 5) is 25.4. The summed E-state index contributed by atoms with van der Waals surface area (Å²) in [5, 5.41) is 0. The lowest BCUT2D eigenvalue weighted by Gasteiger charge is -2.24. The maximum absolute atomic E-state index is 11.7. The van der Waals surface area contributed by atoms with E-state index in [0.717, 1.165) is 0 Å². The summed E-state index contributed by atoms with van der Waals surface area (Å²) in [5.41, 5.74) is 4.61. The van der Waals surface area contributed by atoms with E-state index < -0.39 is 11.2 Å². The van der Waals surface area contributed by atoms with Crippen LogP contribution >= 0.6 is 24.8 Å². The summed E-state index contributed by atoms with van der Waals surface area (Å²) in [6.45, 7) is 13.2. The number of hydrogen-bond donors (Lipinski definition) is 1. The molecule has 0 aliphatic rings. The van der Waals surface area contributed by atoms with Gasteiger partial charge in [0.1, 0.15) is 11.2 Å². The van der Waals surface area contributed by atoms with E-state index in [0.29, 0.717) is 26.2 Å². The van der Waals surface area contributed by atoms with Gasteiger partial charge in [0.25, 0.3) is 0 Å². The Kier molecular flexibility index (Phi) is 15.0. The van der Waals surface area contributed by atoms with Crippen LogP contribution in [0.4, 0.5) is 0 Å². The maximum atomic E-state index is 11.7. The molecule has 24 heavy (non-hydrogen) atoms. The van der Waals surface area contributed by atoms with Crippen molar-refractivity contribution in [1.29, 1.82) is 0 Å². The number of esters is 2. The van der Waals surface area contributed by atoms with Crippen LogP contribution in [0.25, 0.3) is 0 Å². The zero-order valence-corrected chi connectivity index (χ0v) is 17.3. The van der Waals surface area contributed by atoms with Gasteiger partial charge in [-0.25, -0.2) is 0 Å². The van der Waals surface area contributed by atoms with Crippen LogP contribution in [-0.2, 0) is 19.1 Å². The van der Waals surface area contributed by atoms with Crippen molar-refractivity contribution in [3.8, 4) is 0 Å². The molecule has 0 fully saturated rings. The Labute approximate surface area is 158 Å². The van der Waals surface area contributed by atoms with Gasteiger partial charge in [0.15, 0.2) is 0 Å². The quantitative estimate of drug-likeness (QED) is 0.643. The summed E-state index contributed by atoms with van der Waals surface area (Å²) in [7, 11) is 0. The molecule has 146 valence electrons. The van der Waals surface area contributed by atoms with E-state index in [4.69, 9.17) is 15.2 Å². The van der Waals surface area contributed by atoms with Gasteiger partial charge in [-0.1, -0.05) is 0 Å². The summed E-state index contributed by atoms with van der Waals surface area (Å²) in [6.07, 6.45) is 0.567. The molecule has 0 bridgehead atoms. The van der Waals surface area contributed by atoms with Crippen molar-refractivity contribution in [1.82, 2.24) is 4.90 Å². The predicted octanol–water partition coefficient (Wildman–Crippen LogP) is 2.55. The average Bonchev–Trinajstić information content (AvgIpc) is 2.28. The molecule has 8 heteroatoms. The molecule has 2 N–H and O–H groups in total. The molecule has 0 heterocycles. The number of carbonyl (C=O) groups is 2. The minimum Gasteiger partial charge on any atom is -0.460 e. The largest absolute Gasteiger partial charge is 0.460 e. The van der Waals surface area contributed by atoms with Crippen LogP contribution in [0.1, 0.15) is 54.4 Å². The number of ether oxygens (including phenoxy) is 2. The Morgan fingerprint density at radius 2 is 1.12 bits per heavy atom. The minimum absolute atomic E-state index is 0. The first-order valence-electron chi connectivity index (χ1n) is 7.79. The van der Waals surface area contributed by atoms with Gasteiger partial charge in [-0.05, 0) is 41.5 Å². The molecule has 6 nitrogen and oxygen atoms in total. The third-order valence-corrected chi connectivity index (χ3v) is 2.55. The Morgan fingerprint density at radius 1 is 0.792 bits per heavy atom. The standard InChI is InChI=1S/C16H32N2O4.2ClH/c1-15(2,3)21-13(19)7-10-18(12-9-17)11-8-14(20)22-16(4,5)6;;/h7-12,17H2,1-6H3;2*1H. The van der Waals surface area contributed by atoms with Crippen molar-refractivity contribution in [3.63, 3.8) is 0 Å². The van der Waals surface area contributed by atoms with Gasteiger partial charge in [0.05, 0.1) is 12.8 Å². The molecule has 0 aromatic rings. The molecule has 0 aromatic heterocycles. The average molecular weight is 389 g/mol. The molecule has 0 radical (unpaired) electrons. The van der Waals surface area contributed by atoms with Crippen molar-refractivity contribution in [2.24, 2.45) is 5.73 Å². The fourth-order valence-electron chi connectivity index (χ4n) is 1.80. The number of halogens is 2. The first kappa shape index (κ1) is 28.3. The summed E-state index contributed by atoms with van der Waals surface area (Å²) < 4.78 is 10.5. The van der Waals surface area contributed by atoms with Crippen LogP contribution in [-0.4, -0.2) is 54.2 Å². The molecule has 0 aliphatic carbocycles. The third kappa shape index (κ3) is 17.8. The zero-order chi connectivity index (χ0) is 17.4. The van der Waals surface area contributed by atoms with Gasteiger partial charge in [0, 0.05) is 26.2 Å². The van der Waals surface area contributed by atoms with Crippen LogP contribution in [0.3, 0.4) is 0 Å². The van der Waals surface area contributed by atoms with Crippen LogP contribution in [0.2, 0.25) is 0 Å². The maximum Gasteiger partial charge on any atom is 0.307 e. The van der Waals surface area contributed by atoms with Crippen LogP contribution in [0.5, 0.6) is 0 Å². The van der Waals surface area contributed by atoms with Crippen molar-refractivity contribution >= 4 is 36.8 Å². The fourth-order valence-corrected chi connectivity index (χ4v) is 1.80. The van der Waals surface area contributed by atoms with Crippen LogP contribution in [0, 0.1) is 0 Å².